The van der Waals surface area contributed by atoms with Crippen LogP contribution in [-0.4, -0.2) is 35.7 Å². The summed E-state index contributed by atoms with van der Waals surface area (Å²) in [6, 6.07) is 3.98. The SMILES string of the molecule is CN(C)c1ccc(CNC(=O)CC23CC4CC(CC(O)(C4)C2)C3)cn1. The third-order valence-electron chi connectivity index (χ3n) is 6.44. The fourth-order valence-corrected chi connectivity index (χ4v) is 6.00. The zero-order chi connectivity index (χ0) is 17.7. The first-order chi connectivity index (χ1) is 11.8. The van der Waals surface area contributed by atoms with Crippen molar-refractivity contribution in [2.75, 3.05) is 19.0 Å². The normalized spacial score (nSPS) is 35.6. The first-order valence-electron chi connectivity index (χ1n) is 9.46. The predicted octanol–water partition coefficient (Wildman–Crippen LogP) is 2.49. The van der Waals surface area contributed by atoms with Crippen molar-refractivity contribution in [1.29, 1.82) is 0 Å². The Morgan fingerprint density at radius 3 is 2.56 bits per heavy atom. The molecule has 2 N–H and O–H groups in total. The molecule has 0 saturated heterocycles. The second-order valence-electron chi connectivity index (χ2n) is 9.06. The monoisotopic (exact) mass is 343 g/mol. The number of hydrogen-bond donors (Lipinski definition) is 2. The van der Waals surface area contributed by atoms with Crippen molar-refractivity contribution in [3.8, 4) is 0 Å². The van der Waals surface area contributed by atoms with Gasteiger partial charge in [0, 0.05) is 33.3 Å². The smallest absolute Gasteiger partial charge is 0.220 e. The molecule has 1 aromatic heterocycles. The van der Waals surface area contributed by atoms with Crippen LogP contribution in [0, 0.1) is 17.3 Å². The van der Waals surface area contributed by atoms with Crippen LogP contribution in [0.4, 0.5) is 5.82 Å². The minimum atomic E-state index is -0.490. The van der Waals surface area contributed by atoms with Crippen molar-refractivity contribution in [2.24, 2.45) is 17.3 Å². The fraction of sp³-hybridized carbons (Fsp3) is 0.700. The van der Waals surface area contributed by atoms with Crippen molar-refractivity contribution in [3.63, 3.8) is 0 Å². The number of hydrogen-bond acceptors (Lipinski definition) is 4. The molecule has 1 amide bonds. The molecule has 136 valence electrons. The highest BCUT2D eigenvalue weighted by atomic mass is 16.3. The topological polar surface area (TPSA) is 65.5 Å². The molecule has 25 heavy (non-hydrogen) atoms. The largest absolute Gasteiger partial charge is 0.390 e. The van der Waals surface area contributed by atoms with Crippen LogP contribution in [0.5, 0.6) is 0 Å². The molecule has 5 nitrogen and oxygen atoms in total. The van der Waals surface area contributed by atoms with Crippen molar-refractivity contribution in [3.05, 3.63) is 23.9 Å². The van der Waals surface area contributed by atoms with Gasteiger partial charge in [-0.15, -0.1) is 0 Å². The maximum absolute atomic E-state index is 12.6. The molecule has 0 spiro atoms. The van der Waals surface area contributed by atoms with E-state index in [1.54, 1.807) is 0 Å². The van der Waals surface area contributed by atoms with E-state index in [1.165, 1.54) is 6.42 Å². The summed E-state index contributed by atoms with van der Waals surface area (Å²) in [7, 11) is 3.92. The summed E-state index contributed by atoms with van der Waals surface area (Å²) in [5, 5.41) is 13.9. The summed E-state index contributed by atoms with van der Waals surface area (Å²) >= 11 is 0. The summed E-state index contributed by atoms with van der Waals surface area (Å²) in [6.07, 6.45) is 8.62. The number of carbonyl (C=O) groups is 1. The third-order valence-corrected chi connectivity index (χ3v) is 6.44. The molecular formula is C20H29N3O2. The molecule has 0 aliphatic heterocycles. The molecule has 5 heteroatoms. The van der Waals surface area contributed by atoms with E-state index >= 15 is 0 Å². The molecule has 2 unspecified atom stereocenters. The Balaban J connectivity index is 1.35. The highest BCUT2D eigenvalue weighted by Gasteiger charge is 2.57. The quantitative estimate of drug-likeness (QED) is 0.862. The number of nitrogens with one attached hydrogen (secondary N) is 1. The highest BCUT2D eigenvalue weighted by Crippen LogP contribution is 2.62. The van der Waals surface area contributed by atoms with E-state index in [-0.39, 0.29) is 11.3 Å². The molecule has 1 aromatic rings. The number of aromatic nitrogens is 1. The molecule has 4 aliphatic carbocycles. The maximum Gasteiger partial charge on any atom is 0.220 e. The van der Waals surface area contributed by atoms with Gasteiger partial charge in [-0.05, 0) is 67.4 Å². The second kappa shape index (κ2) is 5.97. The van der Waals surface area contributed by atoms with Crippen LogP contribution in [0.1, 0.15) is 50.5 Å². The number of carbonyl (C=O) groups excluding carboxylic acids is 1. The Kier molecular flexibility index (Phi) is 4.02. The highest BCUT2D eigenvalue weighted by molar-refractivity contribution is 5.76. The first-order valence-corrected chi connectivity index (χ1v) is 9.46. The summed E-state index contributed by atoms with van der Waals surface area (Å²) in [5.41, 5.74) is 0.565. The molecule has 4 bridgehead atoms. The molecule has 1 heterocycles. The molecule has 5 rings (SSSR count). The van der Waals surface area contributed by atoms with E-state index in [2.05, 4.69) is 10.3 Å². The van der Waals surface area contributed by atoms with Gasteiger partial charge in [0.1, 0.15) is 5.82 Å². The zero-order valence-electron chi connectivity index (χ0n) is 15.3. The van der Waals surface area contributed by atoms with E-state index in [4.69, 9.17) is 0 Å². The fourth-order valence-electron chi connectivity index (χ4n) is 6.00. The van der Waals surface area contributed by atoms with Gasteiger partial charge in [0.15, 0.2) is 0 Å². The Hall–Kier alpha value is -1.62. The average molecular weight is 343 g/mol. The Bertz CT molecular complexity index is 641. The minimum absolute atomic E-state index is 0.0376. The lowest BCUT2D eigenvalue weighted by Gasteiger charge is -2.60. The van der Waals surface area contributed by atoms with Crippen LogP contribution in [0.15, 0.2) is 18.3 Å². The Labute approximate surface area is 149 Å². The zero-order valence-corrected chi connectivity index (χ0v) is 15.3. The van der Waals surface area contributed by atoms with E-state index in [1.807, 2.05) is 37.3 Å². The van der Waals surface area contributed by atoms with E-state index in [9.17, 15) is 9.90 Å². The number of nitrogens with zero attached hydrogens (tertiary/aromatic N) is 2. The molecule has 4 saturated carbocycles. The van der Waals surface area contributed by atoms with E-state index in [0.29, 0.717) is 24.8 Å². The van der Waals surface area contributed by atoms with Gasteiger partial charge >= 0.3 is 0 Å². The van der Waals surface area contributed by atoms with Gasteiger partial charge in [-0.25, -0.2) is 4.98 Å². The van der Waals surface area contributed by atoms with E-state index < -0.39 is 5.60 Å². The number of amides is 1. The number of anilines is 1. The number of aliphatic hydroxyl groups is 1. The average Bonchev–Trinajstić information content (AvgIpc) is 2.50. The standard InChI is InChI=1S/C20H29N3O2/c1-23(2)17-4-3-14(11-21-17)12-22-18(24)10-19-6-15-5-16(7-19)9-20(25,8-15)13-19/h3-4,11,15-16,25H,5-10,12-13H2,1-2H3,(H,22,24). The Morgan fingerprint density at radius 2 is 2.00 bits per heavy atom. The summed E-state index contributed by atoms with van der Waals surface area (Å²) in [4.78, 5) is 18.9. The molecule has 0 radical (unpaired) electrons. The van der Waals surface area contributed by atoms with E-state index in [0.717, 1.165) is 43.5 Å². The van der Waals surface area contributed by atoms with Gasteiger partial charge in [-0.2, -0.15) is 0 Å². The number of rotatable bonds is 5. The molecule has 4 aliphatic rings. The van der Waals surface area contributed by atoms with Gasteiger partial charge in [0.05, 0.1) is 5.60 Å². The lowest BCUT2D eigenvalue weighted by molar-refractivity contribution is -0.169. The maximum atomic E-state index is 12.6. The lowest BCUT2D eigenvalue weighted by Crippen LogP contribution is -2.56. The van der Waals surface area contributed by atoms with Crippen LogP contribution in [-0.2, 0) is 11.3 Å². The summed E-state index contributed by atoms with van der Waals surface area (Å²) in [5.74, 6) is 2.28. The van der Waals surface area contributed by atoms with Crippen molar-refractivity contribution in [1.82, 2.24) is 10.3 Å². The molecule has 2 atom stereocenters. The van der Waals surface area contributed by atoms with Crippen LogP contribution in [0.3, 0.4) is 0 Å². The first kappa shape index (κ1) is 16.8. The van der Waals surface area contributed by atoms with Gasteiger partial charge < -0.3 is 15.3 Å². The predicted molar refractivity (Wildman–Crippen MR) is 97.1 cm³/mol. The van der Waals surface area contributed by atoms with Gasteiger partial charge in [-0.1, -0.05) is 6.07 Å². The summed E-state index contributed by atoms with van der Waals surface area (Å²) < 4.78 is 0. The van der Waals surface area contributed by atoms with Crippen molar-refractivity contribution in [2.45, 2.75) is 57.1 Å². The van der Waals surface area contributed by atoms with Crippen molar-refractivity contribution < 1.29 is 9.90 Å². The second-order valence-corrected chi connectivity index (χ2v) is 9.06. The van der Waals surface area contributed by atoms with Crippen LogP contribution in [0.25, 0.3) is 0 Å². The minimum Gasteiger partial charge on any atom is -0.390 e. The molecule has 0 aromatic carbocycles. The van der Waals surface area contributed by atoms with Crippen LogP contribution >= 0.6 is 0 Å². The van der Waals surface area contributed by atoms with Gasteiger partial charge in [0.25, 0.3) is 0 Å². The third kappa shape index (κ3) is 3.39. The molecular weight excluding hydrogens is 314 g/mol. The number of pyridine rings is 1. The van der Waals surface area contributed by atoms with Gasteiger partial charge in [0.2, 0.25) is 5.91 Å². The lowest BCUT2D eigenvalue weighted by atomic mass is 9.47. The van der Waals surface area contributed by atoms with Crippen molar-refractivity contribution >= 4 is 11.7 Å². The van der Waals surface area contributed by atoms with Gasteiger partial charge in [-0.3, -0.25) is 4.79 Å². The van der Waals surface area contributed by atoms with Crippen LogP contribution in [0.2, 0.25) is 0 Å². The Morgan fingerprint density at radius 1 is 1.28 bits per heavy atom. The summed E-state index contributed by atoms with van der Waals surface area (Å²) in [6.45, 7) is 0.521. The van der Waals surface area contributed by atoms with Crippen LogP contribution < -0.4 is 10.2 Å². The molecule has 4 fully saturated rings.